The number of nitrogens with zero attached hydrogens (tertiary/aromatic N) is 1. The van der Waals surface area contributed by atoms with Gasteiger partial charge in [0.1, 0.15) is 5.75 Å². The summed E-state index contributed by atoms with van der Waals surface area (Å²) in [5.41, 5.74) is 7.05. The quantitative estimate of drug-likeness (QED) is 0.876. The van der Waals surface area contributed by atoms with Gasteiger partial charge >= 0.3 is 0 Å². The summed E-state index contributed by atoms with van der Waals surface area (Å²) in [5, 5.41) is 0. The van der Waals surface area contributed by atoms with Crippen LogP contribution in [0.3, 0.4) is 0 Å². The van der Waals surface area contributed by atoms with Gasteiger partial charge in [0, 0.05) is 44.4 Å². The van der Waals surface area contributed by atoms with Gasteiger partial charge in [0.15, 0.2) is 0 Å². The van der Waals surface area contributed by atoms with Crippen LogP contribution in [0.5, 0.6) is 5.75 Å². The summed E-state index contributed by atoms with van der Waals surface area (Å²) in [5.74, 6) is 0.925. The molecule has 0 saturated carbocycles. The van der Waals surface area contributed by atoms with E-state index < -0.39 is 0 Å². The lowest BCUT2D eigenvalue weighted by atomic mass is 10.1. The zero-order valence-corrected chi connectivity index (χ0v) is 13.5. The lowest BCUT2D eigenvalue weighted by molar-refractivity contribution is 0.00546. The van der Waals surface area contributed by atoms with Crippen LogP contribution in [0.4, 0.5) is 5.69 Å². The van der Waals surface area contributed by atoms with Gasteiger partial charge in [-0.15, -0.1) is 0 Å². The molecule has 0 amide bonds. The SMILES string of the molecule is COC(C)(C)CCOc1cccc(N2CCC(N)CC2)c1. The molecule has 1 fully saturated rings. The number of piperidine rings is 1. The minimum atomic E-state index is -0.138. The summed E-state index contributed by atoms with van der Waals surface area (Å²) in [6, 6.07) is 8.69. The molecule has 1 saturated heterocycles. The number of rotatable bonds is 6. The lowest BCUT2D eigenvalue weighted by Gasteiger charge is -2.32. The fraction of sp³-hybridized carbons (Fsp3) is 0.647. The smallest absolute Gasteiger partial charge is 0.121 e. The highest BCUT2D eigenvalue weighted by Gasteiger charge is 2.18. The normalized spacial score (nSPS) is 17.0. The van der Waals surface area contributed by atoms with Crippen LogP contribution in [0.1, 0.15) is 33.1 Å². The van der Waals surface area contributed by atoms with Gasteiger partial charge in [-0.3, -0.25) is 0 Å². The molecule has 2 N–H and O–H groups in total. The highest BCUT2D eigenvalue weighted by atomic mass is 16.5. The number of nitrogens with two attached hydrogens (primary N) is 1. The summed E-state index contributed by atoms with van der Waals surface area (Å²) in [6.07, 6.45) is 2.99. The van der Waals surface area contributed by atoms with Crippen LogP contribution < -0.4 is 15.4 Å². The second kappa shape index (κ2) is 7.14. The number of benzene rings is 1. The second-order valence-corrected chi connectivity index (χ2v) is 6.38. The van der Waals surface area contributed by atoms with Crippen LogP contribution in [0.25, 0.3) is 0 Å². The molecule has 21 heavy (non-hydrogen) atoms. The maximum Gasteiger partial charge on any atom is 0.121 e. The number of hydrogen-bond donors (Lipinski definition) is 1. The Bertz CT molecular complexity index is 440. The molecular weight excluding hydrogens is 264 g/mol. The fourth-order valence-electron chi connectivity index (χ4n) is 2.44. The zero-order chi connectivity index (χ0) is 15.3. The molecule has 1 aromatic rings. The van der Waals surface area contributed by atoms with Crippen molar-refractivity contribution in [3.05, 3.63) is 24.3 Å². The predicted molar refractivity (Wildman–Crippen MR) is 87.1 cm³/mol. The van der Waals surface area contributed by atoms with Gasteiger partial charge in [-0.05, 0) is 38.8 Å². The van der Waals surface area contributed by atoms with E-state index in [9.17, 15) is 0 Å². The average Bonchev–Trinajstić information content (AvgIpc) is 2.48. The van der Waals surface area contributed by atoms with Crippen molar-refractivity contribution in [1.29, 1.82) is 0 Å². The third-order valence-corrected chi connectivity index (χ3v) is 4.25. The van der Waals surface area contributed by atoms with Gasteiger partial charge in [0.05, 0.1) is 12.2 Å². The van der Waals surface area contributed by atoms with Crippen molar-refractivity contribution < 1.29 is 9.47 Å². The zero-order valence-electron chi connectivity index (χ0n) is 13.5. The topological polar surface area (TPSA) is 47.7 Å². The van der Waals surface area contributed by atoms with Crippen LogP contribution in [0.2, 0.25) is 0 Å². The van der Waals surface area contributed by atoms with E-state index in [-0.39, 0.29) is 5.60 Å². The number of methoxy groups -OCH3 is 1. The Morgan fingerprint density at radius 1 is 1.29 bits per heavy atom. The highest BCUT2D eigenvalue weighted by Crippen LogP contribution is 2.24. The van der Waals surface area contributed by atoms with E-state index >= 15 is 0 Å². The number of hydrogen-bond acceptors (Lipinski definition) is 4. The molecule has 4 nitrogen and oxygen atoms in total. The maximum atomic E-state index is 5.96. The van der Waals surface area contributed by atoms with Gasteiger partial charge in [-0.1, -0.05) is 6.07 Å². The van der Waals surface area contributed by atoms with E-state index in [0.29, 0.717) is 12.6 Å². The van der Waals surface area contributed by atoms with E-state index in [1.807, 2.05) is 6.07 Å². The van der Waals surface area contributed by atoms with Crippen LogP contribution >= 0.6 is 0 Å². The Balaban J connectivity index is 1.89. The van der Waals surface area contributed by atoms with E-state index in [0.717, 1.165) is 38.1 Å². The molecule has 1 heterocycles. The summed E-state index contributed by atoms with van der Waals surface area (Å²) < 4.78 is 11.3. The van der Waals surface area contributed by atoms with Crippen LogP contribution in [0.15, 0.2) is 24.3 Å². The largest absolute Gasteiger partial charge is 0.493 e. The van der Waals surface area contributed by atoms with Crippen LogP contribution in [0, 0.1) is 0 Å². The molecule has 0 aromatic heterocycles. The van der Waals surface area contributed by atoms with Gasteiger partial charge in [-0.25, -0.2) is 0 Å². The Morgan fingerprint density at radius 3 is 2.67 bits per heavy atom. The third-order valence-electron chi connectivity index (χ3n) is 4.25. The van der Waals surface area contributed by atoms with E-state index in [1.165, 1.54) is 5.69 Å². The van der Waals surface area contributed by atoms with Gasteiger partial charge in [0.25, 0.3) is 0 Å². The second-order valence-electron chi connectivity index (χ2n) is 6.38. The molecule has 0 spiro atoms. The third kappa shape index (κ3) is 4.90. The van der Waals surface area contributed by atoms with Crippen molar-refractivity contribution in [2.45, 2.75) is 44.8 Å². The van der Waals surface area contributed by atoms with Crippen molar-refractivity contribution in [3.63, 3.8) is 0 Å². The maximum absolute atomic E-state index is 5.96. The van der Waals surface area contributed by atoms with Gasteiger partial charge in [-0.2, -0.15) is 0 Å². The van der Waals surface area contributed by atoms with Crippen molar-refractivity contribution >= 4 is 5.69 Å². The standard InChI is InChI=1S/C17H28N2O2/c1-17(2,20-3)9-12-21-16-6-4-5-15(13-16)19-10-7-14(18)8-11-19/h4-6,13-14H,7-12,18H2,1-3H3. The minimum Gasteiger partial charge on any atom is -0.493 e. The first-order chi connectivity index (χ1) is 10.00. The first kappa shape index (κ1) is 16.1. The molecule has 2 rings (SSSR count). The highest BCUT2D eigenvalue weighted by molar-refractivity contribution is 5.51. The summed E-state index contributed by atoms with van der Waals surface area (Å²) >= 11 is 0. The Labute approximate surface area is 128 Å². The molecule has 4 heteroatoms. The molecule has 0 aliphatic carbocycles. The molecular formula is C17H28N2O2. The van der Waals surface area contributed by atoms with E-state index in [2.05, 4.69) is 36.9 Å². The Morgan fingerprint density at radius 2 is 2.00 bits per heavy atom. The van der Waals surface area contributed by atoms with Crippen molar-refractivity contribution in [2.75, 3.05) is 31.7 Å². The van der Waals surface area contributed by atoms with Crippen LogP contribution in [-0.2, 0) is 4.74 Å². The fourth-order valence-corrected chi connectivity index (χ4v) is 2.44. The van der Waals surface area contributed by atoms with Gasteiger partial charge < -0.3 is 20.1 Å². The number of anilines is 1. The average molecular weight is 292 g/mol. The molecule has 1 aliphatic heterocycles. The van der Waals surface area contributed by atoms with Crippen molar-refractivity contribution in [1.82, 2.24) is 0 Å². The van der Waals surface area contributed by atoms with Crippen LogP contribution in [-0.4, -0.2) is 38.4 Å². The van der Waals surface area contributed by atoms with E-state index in [4.69, 9.17) is 15.2 Å². The number of ether oxygens (including phenoxy) is 2. The Hall–Kier alpha value is -1.26. The van der Waals surface area contributed by atoms with E-state index in [1.54, 1.807) is 7.11 Å². The lowest BCUT2D eigenvalue weighted by Crippen LogP contribution is -2.39. The van der Waals surface area contributed by atoms with Crippen molar-refractivity contribution in [3.8, 4) is 5.75 Å². The summed E-state index contributed by atoms with van der Waals surface area (Å²) in [7, 11) is 1.74. The molecule has 1 aromatic carbocycles. The summed E-state index contributed by atoms with van der Waals surface area (Å²) in [6.45, 7) is 6.87. The molecule has 1 aliphatic rings. The molecule has 0 atom stereocenters. The van der Waals surface area contributed by atoms with Gasteiger partial charge in [0.2, 0.25) is 0 Å². The molecule has 0 radical (unpaired) electrons. The first-order valence-electron chi connectivity index (χ1n) is 7.79. The minimum absolute atomic E-state index is 0.138. The van der Waals surface area contributed by atoms with Crippen molar-refractivity contribution in [2.24, 2.45) is 5.73 Å². The first-order valence-corrected chi connectivity index (χ1v) is 7.79. The summed E-state index contributed by atoms with van der Waals surface area (Å²) in [4.78, 5) is 2.38. The molecule has 118 valence electrons. The predicted octanol–water partition coefficient (Wildman–Crippen LogP) is 2.81. The molecule has 0 bridgehead atoms. The Kier molecular flexibility index (Phi) is 5.48. The monoisotopic (exact) mass is 292 g/mol. The molecule has 0 unspecified atom stereocenters.